The summed E-state index contributed by atoms with van der Waals surface area (Å²) in [6.45, 7) is 6.79. The maximum absolute atomic E-state index is 13.3. The molecule has 1 heterocycles. The van der Waals surface area contributed by atoms with Crippen LogP contribution in [0.2, 0.25) is 0 Å². The maximum Gasteiger partial charge on any atom is 0.321 e. The summed E-state index contributed by atoms with van der Waals surface area (Å²) >= 11 is 0. The maximum atomic E-state index is 13.3. The van der Waals surface area contributed by atoms with Gasteiger partial charge in [-0.2, -0.15) is 5.26 Å². The second-order valence-corrected chi connectivity index (χ2v) is 9.99. The Morgan fingerprint density at radius 3 is 2.59 bits per heavy atom. The van der Waals surface area contributed by atoms with Gasteiger partial charge in [-0.25, -0.2) is 4.79 Å². The van der Waals surface area contributed by atoms with Crippen molar-refractivity contribution in [1.82, 2.24) is 9.80 Å². The molecule has 2 aliphatic rings. The number of anilines is 1. The summed E-state index contributed by atoms with van der Waals surface area (Å²) in [7, 11) is 3.97. The average molecular weight is 461 g/mol. The summed E-state index contributed by atoms with van der Waals surface area (Å²) in [5.74, 6) is 0.0984. The van der Waals surface area contributed by atoms with Gasteiger partial charge in [0.25, 0.3) is 0 Å². The fraction of sp³-hybridized carbons (Fsp3) is 0.444. The Labute approximate surface area is 201 Å². The molecule has 0 saturated carbocycles. The summed E-state index contributed by atoms with van der Waals surface area (Å²) in [5, 5.41) is 12.0. The number of hydrogen-bond donors (Lipinski definition) is 1. The van der Waals surface area contributed by atoms with Crippen LogP contribution >= 0.6 is 0 Å². The lowest BCUT2D eigenvalue weighted by Crippen LogP contribution is -2.67. The number of ether oxygens (including phenoxy) is 1. The van der Waals surface area contributed by atoms with E-state index in [1.54, 1.807) is 24.3 Å². The smallest absolute Gasteiger partial charge is 0.321 e. The van der Waals surface area contributed by atoms with E-state index in [0.29, 0.717) is 17.0 Å². The van der Waals surface area contributed by atoms with Crippen LogP contribution in [0.4, 0.5) is 10.5 Å². The third-order valence-electron chi connectivity index (χ3n) is 7.39. The second-order valence-electron chi connectivity index (χ2n) is 9.99. The molecule has 1 fully saturated rings. The molecule has 0 spiro atoms. The van der Waals surface area contributed by atoms with Crippen molar-refractivity contribution in [2.24, 2.45) is 5.92 Å². The van der Waals surface area contributed by atoms with E-state index in [2.05, 4.69) is 36.3 Å². The number of carbonyl (C=O) groups is 2. The molecule has 4 rings (SSSR count). The number of amides is 2. The average Bonchev–Trinajstić information content (AvgIpc) is 2.82. The highest BCUT2D eigenvalue weighted by Gasteiger charge is 2.52. The first-order valence-corrected chi connectivity index (χ1v) is 11.7. The number of likely N-dealkylation sites (N-methyl/N-ethyl adjacent to an activating group) is 2. The molecule has 178 valence electrons. The molecule has 7 heteroatoms. The highest BCUT2D eigenvalue weighted by molar-refractivity contribution is 5.89. The van der Waals surface area contributed by atoms with Crippen LogP contribution in [0, 0.1) is 17.2 Å². The molecular weight excluding hydrogens is 428 g/mol. The Kier molecular flexibility index (Phi) is 6.37. The lowest BCUT2D eigenvalue weighted by atomic mass is 9.61. The molecule has 2 aromatic carbocycles. The molecule has 2 amide bonds. The van der Waals surface area contributed by atoms with Gasteiger partial charge in [-0.3, -0.25) is 4.79 Å². The number of carbonyl (C=O) groups excluding carboxylic acids is 2. The fourth-order valence-electron chi connectivity index (χ4n) is 5.39. The van der Waals surface area contributed by atoms with E-state index >= 15 is 0 Å². The van der Waals surface area contributed by atoms with Gasteiger partial charge in [0.1, 0.15) is 5.75 Å². The zero-order chi connectivity index (χ0) is 24.6. The molecule has 34 heavy (non-hydrogen) atoms. The van der Waals surface area contributed by atoms with Crippen LogP contribution in [-0.2, 0) is 16.6 Å². The third kappa shape index (κ3) is 4.26. The number of esters is 1. The number of hydrogen-bond acceptors (Lipinski definition) is 5. The Morgan fingerprint density at radius 1 is 1.24 bits per heavy atom. The van der Waals surface area contributed by atoms with Gasteiger partial charge in [0.15, 0.2) is 0 Å². The Bertz CT molecular complexity index is 1140. The summed E-state index contributed by atoms with van der Waals surface area (Å²) < 4.78 is 5.62. The zero-order valence-electron chi connectivity index (χ0n) is 20.5. The number of nitriles is 1. The standard InChI is InChI=1S/C27H32N4O3/c1-17(2)25(32)34-21-11-8-19-14-23-24(27(3,22(19)15-21)12-13-30(23)4)31(5)26(33)29-20-9-6-18(16-28)7-10-20/h6-11,15,17,23-24H,12-14H2,1-5H3,(H,29,33)/t23?,24-,27+/m0/s1. The largest absolute Gasteiger partial charge is 0.426 e. The first-order valence-electron chi connectivity index (χ1n) is 11.7. The van der Waals surface area contributed by atoms with E-state index in [9.17, 15) is 9.59 Å². The molecule has 2 aromatic rings. The van der Waals surface area contributed by atoms with Crippen molar-refractivity contribution in [1.29, 1.82) is 5.26 Å². The summed E-state index contributed by atoms with van der Waals surface area (Å²) in [6.07, 6.45) is 1.70. The van der Waals surface area contributed by atoms with E-state index < -0.39 is 0 Å². The molecule has 3 atom stereocenters. The molecule has 1 saturated heterocycles. The lowest BCUT2D eigenvalue weighted by molar-refractivity contribution is -0.137. The topological polar surface area (TPSA) is 85.7 Å². The number of nitrogens with zero attached hydrogens (tertiary/aromatic N) is 3. The van der Waals surface area contributed by atoms with E-state index in [1.807, 2.05) is 37.9 Å². The first-order chi connectivity index (χ1) is 16.1. The van der Waals surface area contributed by atoms with Gasteiger partial charge >= 0.3 is 12.0 Å². The molecule has 7 nitrogen and oxygen atoms in total. The minimum Gasteiger partial charge on any atom is -0.426 e. The molecule has 0 radical (unpaired) electrons. The van der Waals surface area contributed by atoms with Crippen molar-refractivity contribution < 1.29 is 14.3 Å². The van der Waals surface area contributed by atoms with Crippen molar-refractivity contribution in [3.8, 4) is 11.8 Å². The van der Waals surface area contributed by atoms with Crippen LogP contribution in [0.1, 0.15) is 43.9 Å². The number of nitrogens with one attached hydrogen (secondary N) is 1. The summed E-state index contributed by atoms with van der Waals surface area (Å²) in [5.41, 5.74) is 3.29. The van der Waals surface area contributed by atoms with E-state index in [1.165, 1.54) is 5.56 Å². The number of benzene rings is 2. The molecule has 0 aromatic heterocycles. The number of likely N-dealkylation sites (tertiary alicyclic amines) is 1. The third-order valence-corrected chi connectivity index (χ3v) is 7.39. The first kappa shape index (κ1) is 23.8. The fourth-order valence-corrected chi connectivity index (χ4v) is 5.39. The van der Waals surface area contributed by atoms with Crippen LogP contribution in [0.25, 0.3) is 0 Å². The number of urea groups is 1. The second kappa shape index (κ2) is 9.11. The van der Waals surface area contributed by atoms with Crippen LogP contribution in [-0.4, -0.2) is 54.5 Å². The van der Waals surface area contributed by atoms with Gasteiger partial charge in [-0.1, -0.05) is 26.8 Å². The van der Waals surface area contributed by atoms with Crippen molar-refractivity contribution in [2.45, 2.75) is 51.1 Å². The van der Waals surface area contributed by atoms with Gasteiger partial charge in [0, 0.05) is 24.2 Å². The quantitative estimate of drug-likeness (QED) is 0.547. The molecule has 1 unspecified atom stereocenters. The van der Waals surface area contributed by atoms with Gasteiger partial charge in [0.2, 0.25) is 0 Å². The van der Waals surface area contributed by atoms with Crippen LogP contribution in [0.5, 0.6) is 5.75 Å². The summed E-state index contributed by atoms with van der Waals surface area (Å²) in [6, 6.07) is 14.8. The van der Waals surface area contributed by atoms with Crippen molar-refractivity contribution in [3.63, 3.8) is 0 Å². The molecule has 1 N–H and O–H groups in total. The number of piperidine rings is 1. The van der Waals surface area contributed by atoms with E-state index in [-0.39, 0.29) is 35.4 Å². The van der Waals surface area contributed by atoms with Crippen molar-refractivity contribution in [3.05, 3.63) is 59.2 Å². The normalized spacial score (nSPS) is 23.6. The van der Waals surface area contributed by atoms with E-state index in [0.717, 1.165) is 24.9 Å². The zero-order valence-corrected chi connectivity index (χ0v) is 20.5. The predicted octanol–water partition coefficient (Wildman–Crippen LogP) is 4.17. The van der Waals surface area contributed by atoms with Crippen LogP contribution in [0.15, 0.2) is 42.5 Å². The minimum absolute atomic E-state index is 0.0619. The van der Waals surface area contributed by atoms with Gasteiger partial charge in [0.05, 0.1) is 23.6 Å². The lowest BCUT2D eigenvalue weighted by Gasteiger charge is -2.57. The molecule has 1 aliphatic heterocycles. The molecule has 1 aliphatic carbocycles. The highest BCUT2D eigenvalue weighted by Crippen LogP contribution is 2.47. The molecule has 2 bridgehead atoms. The Morgan fingerprint density at radius 2 is 1.94 bits per heavy atom. The summed E-state index contributed by atoms with van der Waals surface area (Å²) in [4.78, 5) is 29.6. The monoisotopic (exact) mass is 460 g/mol. The Balaban J connectivity index is 1.64. The van der Waals surface area contributed by atoms with Crippen LogP contribution < -0.4 is 10.1 Å². The SMILES string of the molecule is CC(C)C(=O)Oc1ccc2c(c1)[C@@]1(C)CCN(C)C(C2)[C@@H]1N(C)C(=O)Nc1ccc(C#N)cc1. The predicted molar refractivity (Wildman–Crippen MR) is 131 cm³/mol. The van der Waals surface area contributed by atoms with Gasteiger partial charge < -0.3 is 19.9 Å². The van der Waals surface area contributed by atoms with Gasteiger partial charge in [-0.05, 0) is 74.0 Å². The number of fused-ring (bicyclic) bond motifs is 4. The Hall–Kier alpha value is -3.37. The molecular formula is C27H32N4O3. The minimum atomic E-state index is -0.290. The van der Waals surface area contributed by atoms with Crippen molar-refractivity contribution in [2.75, 3.05) is 26.0 Å². The van der Waals surface area contributed by atoms with Gasteiger partial charge in [-0.15, -0.1) is 0 Å². The van der Waals surface area contributed by atoms with Crippen molar-refractivity contribution >= 4 is 17.7 Å². The number of rotatable bonds is 4. The highest BCUT2D eigenvalue weighted by atomic mass is 16.5. The van der Waals surface area contributed by atoms with E-state index in [4.69, 9.17) is 10.00 Å². The van der Waals surface area contributed by atoms with Crippen LogP contribution in [0.3, 0.4) is 0 Å².